The highest BCUT2D eigenvalue weighted by molar-refractivity contribution is 6.39. The summed E-state index contributed by atoms with van der Waals surface area (Å²) in [6.07, 6.45) is 0. The van der Waals surface area contributed by atoms with E-state index in [1.165, 1.54) is 24.0 Å². The van der Waals surface area contributed by atoms with Gasteiger partial charge in [0.2, 0.25) is 5.91 Å². The number of ether oxygens (including phenoxy) is 1. The maximum atomic E-state index is 12.3. The normalized spacial score (nSPS) is 14.0. The lowest BCUT2D eigenvalue weighted by molar-refractivity contribution is -0.145. The minimum absolute atomic E-state index is 0.0556. The molecule has 0 radical (unpaired) electrons. The zero-order chi connectivity index (χ0) is 18.4. The molecule has 2 rings (SSSR count). The van der Waals surface area contributed by atoms with Gasteiger partial charge < -0.3 is 19.9 Å². The Kier molecular flexibility index (Phi) is 6.10. The molecule has 0 saturated carbocycles. The molecule has 1 fully saturated rings. The minimum Gasteiger partial charge on any atom is -0.462 e. The molecule has 134 valence electrons. The lowest BCUT2D eigenvalue weighted by atomic mass is 10.1. The van der Waals surface area contributed by atoms with E-state index in [0.717, 1.165) is 0 Å². The Hall–Kier alpha value is -2.90. The van der Waals surface area contributed by atoms with Crippen molar-refractivity contribution in [2.45, 2.75) is 13.8 Å². The van der Waals surface area contributed by atoms with Crippen molar-refractivity contribution in [1.29, 1.82) is 0 Å². The molecule has 1 aliphatic rings. The van der Waals surface area contributed by atoms with E-state index in [-0.39, 0.29) is 23.8 Å². The second-order valence-corrected chi connectivity index (χ2v) is 5.52. The Morgan fingerprint density at radius 3 is 2.24 bits per heavy atom. The van der Waals surface area contributed by atoms with Gasteiger partial charge >= 0.3 is 17.8 Å². The highest BCUT2D eigenvalue weighted by Gasteiger charge is 2.27. The summed E-state index contributed by atoms with van der Waals surface area (Å²) in [6.45, 7) is 4.75. The van der Waals surface area contributed by atoms with Crippen LogP contribution in [0.1, 0.15) is 24.2 Å². The summed E-state index contributed by atoms with van der Waals surface area (Å²) in [5.41, 5.74) is 0.411. The molecule has 0 aromatic heterocycles. The number of piperazine rings is 1. The maximum absolute atomic E-state index is 12.3. The molecular formula is C17H21N3O5. The van der Waals surface area contributed by atoms with Crippen molar-refractivity contribution < 1.29 is 23.9 Å². The quantitative estimate of drug-likeness (QED) is 0.634. The number of rotatable bonds is 3. The Morgan fingerprint density at radius 2 is 1.64 bits per heavy atom. The third kappa shape index (κ3) is 4.56. The number of esters is 1. The monoisotopic (exact) mass is 347 g/mol. The van der Waals surface area contributed by atoms with E-state index in [9.17, 15) is 19.2 Å². The predicted octanol–water partition coefficient (Wildman–Crippen LogP) is 0.492. The first-order chi connectivity index (χ1) is 11.9. The fourth-order valence-corrected chi connectivity index (χ4v) is 2.52. The van der Waals surface area contributed by atoms with Crippen molar-refractivity contribution in [1.82, 2.24) is 9.80 Å². The summed E-state index contributed by atoms with van der Waals surface area (Å²) in [5, 5.41) is 2.47. The zero-order valence-electron chi connectivity index (χ0n) is 14.3. The first-order valence-electron chi connectivity index (χ1n) is 8.06. The average molecular weight is 347 g/mol. The molecule has 3 amide bonds. The Morgan fingerprint density at radius 1 is 1.04 bits per heavy atom. The number of benzene rings is 1. The van der Waals surface area contributed by atoms with Crippen molar-refractivity contribution in [3.8, 4) is 0 Å². The van der Waals surface area contributed by atoms with Crippen LogP contribution >= 0.6 is 0 Å². The lowest BCUT2D eigenvalue weighted by Gasteiger charge is -2.33. The van der Waals surface area contributed by atoms with E-state index in [2.05, 4.69) is 5.32 Å². The Balaban J connectivity index is 2.02. The highest BCUT2D eigenvalue weighted by Crippen LogP contribution is 2.16. The standard InChI is InChI=1S/C17H21N3O5/c1-3-25-17(24)13-6-4-5-7-14(13)18-15(22)16(23)20-10-8-19(9-11-20)12(2)21/h4-7H,3,8-11H2,1-2H3,(H,18,22). The number of nitrogens with one attached hydrogen (secondary N) is 1. The van der Waals surface area contributed by atoms with Gasteiger partial charge in [-0.1, -0.05) is 12.1 Å². The van der Waals surface area contributed by atoms with Crippen LogP contribution in [-0.2, 0) is 19.1 Å². The van der Waals surface area contributed by atoms with E-state index >= 15 is 0 Å². The molecule has 1 heterocycles. The summed E-state index contributed by atoms with van der Waals surface area (Å²) in [4.78, 5) is 50.7. The van der Waals surface area contributed by atoms with Crippen molar-refractivity contribution in [3.63, 3.8) is 0 Å². The molecule has 25 heavy (non-hydrogen) atoms. The third-order valence-corrected chi connectivity index (χ3v) is 3.88. The molecule has 1 N–H and O–H groups in total. The number of carbonyl (C=O) groups is 4. The van der Waals surface area contributed by atoms with Crippen molar-refractivity contribution in [2.24, 2.45) is 0 Å². The van der Waals surface area contributed by atoms with E-state index in [4.69, 9.17) is 4.74 Å². The molecule has 0 atom stereocenters. The highest BCUT2D eigenvalue weighted by atomic mass is 16.5. The third-order valence-electron chi connectivity index (χ3n) is 3.88. The van der Waals surface area contributed by atoms with Gasteiger partial charge in [-0.25, -0.2) is 4.79 Å². The summed E-state index contributed by atoms with van der Waals surface area (Å²) >= 11 is 0. The number of para-hydroxylation sites is 1. The van der Waals surface area contributed by atoms with Crippen LogP contribution in [0.15, 0.2) is 24.3 Å². The minimum atomic E-state index is -0.826. The molecule has 8 nitrogen and oxygen atoms in total. The maximum Gasteiger partial charge on any atom is 0.340 e. The van der Waals surface area contributed by atoms with Gasteiger partial charge in [-0.15, -0.1) is 0 Å². The molecule has 8 heteroatoms. The molecule has 1 aliphatic heterocycles. The van der Waals surface area contributed by atoms with Crippen LogP contribution in [0.3, 0.4) is 0 Å². The predicted molar refractivity (Wildman–Crippen MR) is 89.9 cm³/mol. The zero-order valence-corrected chi connectivity index (χ0v) is 14.3. The van der Waals surface area contributed by atoms with Gasteiger partial charge in [-0.3, -0.25) is 14.4 Å². The summed E-state index contributed by atoms with van der Waals surface area (Å²) in [5.74, 6) is -2.14. The molecule has 0 aliphatic carbocycles. The largest absolute Gasteiger partial charge is 0.462 e. The first-order valence-corrected chi connectivity index (χ1v) is 8.06. The van der Waals surface area contributed by atoms with E-state index in [0.29, 0.717) is 26.2 Å². The molecule has 1 saturated heterocycles. The lowest BCUT2D eigenvalue weighted by Crippen LogP contribution is -2.52. The smallest absolute Gasteiger partial charge is 0.340 e. The van der Waals surface area contributed by atoms with Crippen molar-refractivity contribution in [3.05, 3.63) is 29.8 Å². The number of nitrogens with zero attached hydrogens (tertiary/aromatic N) is 2. The fourth-order valence-electron chi connectivity index (χ4n) is 2.52. The summed E-state index contributed by atoms with van der Waals surface area (Å²) < 4.78 is 4.94. The molecule has 0 bridgehead atoms. The van der Waals surface area contributed by atoms with Gasteiger partial charge in [0.05, 0.1) is 17.9 Å². The van der Waals surface area contributed by atoms with Crippen LogP contribution in [0.25, 0.3) is 0 Å². The first kappa shape index (κ1) is 18.4. The van der Waals surface area contributed by atoms with Crippen LogP contribution < -0.4 is 5.32 Å². The van der Waals surface area contributed by atoms with Gasteiger partial charge in [0, 0.05) is 33.1 Å². The second kappa shape index (κ2) is 8.27. The van der Waals surface area contributed by atoms with Gasteiger partial charge in [0.1, 0.15) is 0 Å². The summed E-state index contributed by atoms with van der Waals surface area (Å²) in [7, 11) is 0. The average Bonchev–Trinajstić information content (AvgIpc) is 2.61. The van der Waals surface area contributed by atoms with Gasteiger partial charge in [0.25, 0.3) is 0 Å². The molecule has 0 spiro atoms. The van der Waals surface area contributed by atoms with Crippen LogP contribution in [0.2, 0.25) is 0 Å². The topological polar surface area (TPSA) is 96.0 Å². The van der Waals surface area contributed by atoms with Gasteiger partial charge in [0.15, 0.2) is 0 Å². The van der Waals surface area contributed by atoms with E-state index in [1.54, 1.807) is 24.0 Å². The number of carbonyl (C=O) groups excluding carboxylic acids is 4. The Labute approximate surface area is 145 Å². The van der Waals surface area contributed by atoms with Crippen molar-refractivity contribution in [2.75, 3.05) is 38.1 Å². The van der Waals surface area contributed by atoms with Crippen LogP contribution in [0, 0.1) is 0 Å². The van der Waals surface area contributed by atoms with Crippen LogP contribution in [0.5, 0.6) is 0 Å². The molecule has 0 unspecified atom stereocenters. The van der Waals surface area contributed by atoms with E-state index < -0.39 is 17.8 Å². The number of hydrogen-bond acceptors (Lipinski definition) is 5. The molecule has 1 aromatic carbocycles. The summed E-state index contributed by atoms with van der Waals surface area (Å²) in [6, 6.07) is 6.34. The van der Waals surface area contributed by atoms with Gasteiger partial charge in [-0.2, -0.15) is 0 Å². The number of amides is 3. The van der Waals surface area contributed by atoms with Crippen molar-refractivity contribution >= 4 is 29.4 Å². The van der Waals surface area contributed by atoms with Crippen LogP contribution in [-0.4, -0.2) is 66.3 Å². The Bertz CT molecular complexity index is 681. The van der Waals surface area contributed by atoms with Crippen LogP contribution in [0.4, 0.5) is 5.69 Å². The number of hydrogen-bond donors (Lipinski definition) is 1. The molecule has 1 aromatic rings. The fraction of sp³-hybridized carbons (Fsp3) is 0.412. The SMILES string of the molecule is CCOC(=O)c1ccccc1NC(=O)C(=O)N1CCN(C(C)=O)CC1. The molecular weight excluding hydrogens is 326 g/mol. The van der Waals surface area contributed by atoms with Gasteiger partial charge in [-0.05, 0) is 19.1 Å². The number of anilines is 1. The second-order valence-electron chi connectivity index (χ2n) is 5.52. The van der Waals surface area contributed by atoms with E-state index in [1.807, 2.05) is 0 Å².